The van der Waals surface area contributed by atoms with Crippen LogP contribution >= 0.6 is 0 Å². The van der Waals surface area contributed by atoms with Crippen molar-refractivity contribution in [3.8, 4) is 0 Å². The summed E-state index contributed by atoms with van der Waals surface area (Å²) in [5, 5.41) is 0. The summed E-state index contributed by atoms with van der Waals surface area (Å²) in [5.74, 6) is 0.501. The minimum Gasteiger partial charge on any atom is -0.463 e. The van der Waals surface area contributed by atoms with Gasteiger partial charge in [-0.1, -0.05) is 37.6 Å². The number of benzene rings is 1. The van der Waals surface area contributed by atoms with Gasteiger partial charge in [0.15, 0.2) is 0 Å². The maximum Gasteiger partial charge on any atom is 0.386 e. The number of esters is 1. The van der Waals surface area contributed by atoms with Gasteiger partial charge in [-0.25, -0.2) is 24.2 Å². The standard InChI is InChI=1S/C26H34O6/c1-2-24(27)30-18-6-7-19-10-12-20(13-11-19)21-14-16-23(17-15-21)26(29)32-31-25(28)22-8-4-3-5-9-22/h2-5,8-9,19-21,23H,1,6-7,10-18H2. The normalized spacial score (nSPS) is 25.4. The lowest BCUT2D eigenvalue weighted by molar-refractivity contribution is -0.239. The summed E-state index contributed by atoms with van der Waals surface area (Å²) >= 11 is 0. The molecule has 0 saturated heterocycles. The molecule has 0 aliphatic heterocycles. The molecule has 2 fully saturated rings. The second kappa shape index (κ2) is 12.4. The lowest BCUT2D eigenvalue weighted by atomic mass is 9.69. The van der Waals surface area contributed by atoms with Crippen LogP contribution in [0.25, 0.3) is 0 Å². The predicted molar refractivity (Wildman–Crippen MR) is 119 cm³/mol. The number of hydrogen-bond acceptors (Lipinski definition) is 6. The fourth-order valence-corrected chi connectivity index (χ4v) is 5.15. The first kappa shape index (κ1) is 24.0. The van der Waals surface area contributed by atoms with Gasteiger partial charge in [-0.2, -0.15) is 0 Å². The van der Waals surface area contributed by atoms with E-state index in [-0.39, 0.29) is 11.9 Å². The molecule has 32 heavy (non-hydrogen) atoms. The van der Waals surface area contributed by atoms with Crippen molar-refractivity contribution in [2.75, 3.05) is 6.61 Å². The summed E-state index contributed by atoms with van der Waals surface area (Å²) in [5.41, 5.74) is 0.359. The van der Waals surface area contributed by atoms with Crippen molar-refractivity contribution in [2.45, 2.75) is 64.2 Å². The van der Waals surface area contributed by atoms with Gasteiger partial charge in [0, 0.05) is 6.08 Å². The summed E-state index contributed by atoms with van der Waals surface area (Å²) < 4.78 is 5.06. The Kier molecular flexibility index (Phi) is 9.32. The molecule has 6 nitrogen and oxygen atoms in total. The number of rotatable bonds is 8. The van der Waals surface area contributed by atoms with Crippen molar-refractivity contribution in [1.82, 2.24) is 0 Å². The van der Waals surface area contributed by atoms with Crippen LogP contribution in [0.3, 0.4) is 0 Å². The third-order valence-corrected chi connectivity index (χ3v) is 7.04. The zero-order chi connectivity index (χ0) is 22.8. The highest BCUT2D eigenvalue weighted by Gasteiger charge is 2.34. The molecule has 0 N–H and O–H groups in total. The molecule has 0 spiro atoms. The van der Waals surface area contributed by atoms with Gasteiger partial charge in [0.1, 0.15) is 0 Å². The van der Waals surface area contributed by atoms with Crippen molar-refractivity contribution in [2.24, 2.45) is 23.7 Å². The molecule has 0 atom stereocenters. The molecule has 3 rings (SSSR count). The molecule has 2 aliphatic carbocycles. The van der Waals surface area contributed by atoms with Gasteiger partial charge in [-0.3, -0.25) is 0 Å². The summed E-state index contributed by atoms with van der Waals surface area (Å²) in [6, 6.07) is 8.50. The van der Waals surface area contributed by atoms with Crippen LogP contribution in [0.15, 0.2) is 43.0 Å². The first-order chi connectivity index (χ1) is 15.6. The highest BCUT2D eigenvalue weighted by atomic mass is 17.2. The lowest BCUT2D eigenvalue weighted by Crippen LogP contribution is -2.29. The Labute approximate surface area is 190 Å². The Morgan fingerprint density at radius 1 is 0.875 bits per heavy atom. The quantitative estimate of drug-likeness (QED) is 0.176. The van der Waals surface area contributed by atoms with Crippen molar-refractivity contribution >= 4 is 17.9 Å². The van der Waals surface area contributed by atoms with Crippen molar-refractivity contribution in [3.63, 3.8) is 0 Å². The van der Waals surface area contributed by atoms with E-state index in [4.69, 9.17) is 14.5 Å². The molecule has 0 heterocycles. The summed E-state index contributed by atoms with van der Waals surface area (Å²) in [6.45, 7) is 3.88. The Morgan fingerprint density at radius 2 is 1.50 bits per heavy atom. The van der Waals surface area contributed by atoms with E-state index in [0.717, 1.165) is 50.4 Å². The van der Waals surface area contributed by atoms with E-state index < -0.39 is 11.9 Å². The zero-order valence-corrected chi connectivity index (χ0v) is 18.7. The van der Waals surface area contributed by atoms with Gasteiger partial charge in [-0.15, -0.1) is 0 Å². The first-order valence-electron chi connectivity index (χ1n) is 11.8. The minimum absolute atomic E-state index is 0.190. The average Bonchev–Trinajstić information content (AvgIpc) is 2.85. The van der Waals surface area contributed by atoms with Crippen LogP contribution in [0.1, 0.15) is 74.6 Å². The number of hydrogen-bond donors (Lipinski definition) is 0. The molecule has 0 amide bonds. The third kappa shape index (κ3) is 7.21. The maximum absolute atomic E-state index is 12.3. The van der Waals surface area contributed by atoms with E-state index in [0.29, 0.717) is 18.1 Å². The third-order valence-electron chi connectivity index (χ3n) is 7.04. The van der Waals surface area contributed by atoms with E-state index in [9.17, 15) is 14.4 Å². The minimum atomic E-state index is -0.650. The first-order valence-corrected chi connectivity index (χ1v) is 11.8. The zero-order valence-electron chi connectivity index (χ0n) is 18.7. The molecule has 0 bridgehead atoms. The average molecular weight is 443 g/mol. The van der Waals surface area contributed by atoms with E-state index in [2.05, 4.69) is 6.58 Å². The number of carbonyl (C=O) groups excluding carboxylic acids is 3. The SMILES string of the molecule is C=CC(=O)OCCCC1CCC(C2CCC(C(=O)OOC(=O)c3ccccc3)CC2)CC1. The van der Waals surface area contributed by atoms with Crippen LogP contribution in [0, 0.1) is 23.7 Å². The van der Waals surface area contributed by atoms with E-state index in [1.165, 1.54) is 31.8 Å². The molecule has 1 aromatic carbocycles. The Balaban J connectivity index is 1.30. The molecule has 0 unspecified atom stereocenters. The van der Waals surface area contributed by atoms with Gasteiger partial charge in [0.2, 0.25) is 0 Å². The summed E-state index contributed by atoms with van der Waals surface area (Å²) in [6.07, 6.45) is 11.8. The van der Waals surface area contributed by atoms with Gasteiger partial charge in [0.25, 0.3) is 0 Å². The predicted octanol–water partition coefficient (Wildman–Crippen LogP) is 5.42. The second-order valence-electron chi connectivity index (χ2n) is 9.05. The van der Waals surface area contributed by atoms with Crippen LogP contribution in [-0.4, -0.2) is 24.5 Å². The second-order valence-corrected chi connectivity index (χ2v) is 9.05. The van der Waals surface area contributed by atoms with Crippen LogP contribution in [0.4, 0.5) is 0 Å². The molecule has 0 aromatic heterocycles. The van der Waals surface area contributed by atoms with E-state index in [1.54, 1.807) is 30.3 Å². The van der Waals surface area contributed by atoms with Crippen LogP contribution in [-0.2, 0) is 24.1 Å². The van der Waals surface area contributed by atoms with Gasteiger partial charge >= 0.3 is 17.9 Å². The van der Waals surface area contributed by atoms with Gasteiger partial charge in [-0.05, 0) is 81.3 Å². The smallest absolute Gasteiger partial charge is 0.386 e. The molecule has 174 valence electrons. The van der Waals surface area contributed by atoms with Crippen LogP contribution in [0.5, 0.6) is 0 Å². The van der Waals surface area contributed by atoms with E-state index >= 15 is 0 Å². The fraction of sp³-hybridized carbons (Fsp3) is 0.577. The van der Waals surface area contributed by atoms with Crippen molar-refractivity contribution in [3.05, 3.63) is 48.6 Å². The van der Waals surface area contributed by atoms with E-state index in [1.807, 2.05) is 0 Å². The van der Waals surface area contributed by atoms with Crippen molar-refractivity contribution in [1.29, 1.82) is 0 Å². The molecule has 0 radical (unpaired) electrons. The highest BCUT2D eigenvalue weighted by molar-refractivity contribution is 5.89. The Hall–Kier alpha value is -2.63. The van der Waals surface area contributed by atoms with Crippen LogP contribution < -0.4 is 0 Å². The Morgan fingerprint density at radius 3 is 2.12 bits per heavy atom. The monoisotopic (exact) mass is 442 g/mol. The fourth-order valence-electron chi connectivity index (χ4n) is 5.15. The number of ether oxygens (including phenoxy) is 1. The Bertz CT molecular complexity index is 758. The molecular weight excluding hydrogens is 408 g/mol. The lowest BCUT2D eigenvalue weighted by Gasteiger charge is -2.37. The summed E-state index contributed by atoms with van der Waals surface area (Å²) in [4.78, 5) is 44.9. The van der Waals surface area contributed by atoms with Crippen LogP contribution in [0.2, 0.25) is 0 Å². The largest absolute Gasteiger partial charge is 0.463 e. The van der Waals surface area contributed by atoms with Gasteiger partial charge in [0.05, 0.1) is 18.1 Å². The molecular formula is C26H34O6. The molecule has 6 heteroatoms. The maximum atomic E-state index is 12.3. The molecule has 2 aliphatic rings. The van der Waals surface area contributed by atoms with Crippen molar-refractivity contribution < 1.29 is 28.9 Å². The number of carbonyl (C=O) groups is 3. The van der Waals surface area contributed by atoms with Gasteiger partial charge < -0.3 is 4.74 Å². The topological polar surface area (TPSA) is 78.9 Å². The molecule has 1 aromatic rings. The highest BCUT2D eigenvalue weighted by Crippen LogP contribution is 2.42. The molecule has 2 saturated carbocycles. The summed E-state index contributed by atoms with van der Waals surface area (Å²) in [7, 11) is 0.